The first-order valence-corrected chi connectivity index (χ1v) is 9.46. The second kappa shape index (κ2) is 7.33. The molecular formula is C20H21N3OS. The van der Waals surface area contributed by atoms with Crippen LogP contribution in [0.3, 0.4) is 0 Å². The summed E-state index contributed by atoms with van der Waals surface area (Å²) in [7, 11) is 0. The SMILES string of the molecule is OCc1cccc(C[C@H]2CCN(c3nnc(-c4ccccc4)s3)C2)c1. The molecule has 1 N–H and O–H groups in total. The van der Waals surface area contributed by atoms with E-state index in [0.717, 1.165) is 40.8 Å². The van der Waals surface area contributed by atoms with Gasteiger partial charge in [-0.1, -0.05) is 65.9 Å². The van der Waals surface area contributed by atoms with Gasteiger partial charge in [-0.15, -0.1) is 10.2 Å². The molecule has 1 fully saturated rings. The van der Waals surface area contributed by atoms with Crippen LogP contribution in [0.4, 0.5) is 5.13 Å². The normalized spacial score (nSPS) is 17.2. The smallest absolute Gasteiger partial charge is 0.208 e. The lowest BCUT2D eigenvalue weighted by molar-refractivity contribution is 0.281. The van der Waals surface area contributed by atoms with Gasteiger partial charge in [-0.25, -0.2) is 0 Å². The van der Waals surface area contributed by atoms with Crippen molar-refractivity contribution in [2.75, 3.05) is 18.0 Å². The number of aliphatic hydroxyl groups excluding tert-OH is 1. The Morgan fingerprint density at radius 1 is 1.04 bits per heavy atom. The minimum absolute atomic E-state index is 0.109. The molecule has 1 atom stereocenters. The predicted molar refractivity (Wildman–Crippen MR) is 102 cm³/mol. The summed E-state index contributed by atoms with van der Waals surface area (Å²) in [5.41, 5.74) is 3.42. The van der Waals surface area contributed by atoms with E-state index in [1.54, 1.807) is 11.3 Å². The molecule has 2 heterocycles. The van der Waals surface area contributed by atoms with Gasteiger partial charge in [-0.3, -0.25) is 0 Å². The molecule has 4 rings (SSSR count). The Hall–Kier alpha value is -2.24. The summed E-state index contributed by atoms with van der Waals surface area (Å²) < 4.78 is 0. The van der Waals surface area contributed by atoms with Crippen LogP contribution in [0.15, 0.2) is 54.6 Å². The second-order valence-electron chi connectivity index (χ2n) is 6.54. The largest absolute Gasteiger partial charge is 0.392 e. The van der Waals surface area contributed by atoms with Gasteiger partial charge in [0.1, 0.15) is 5.01 Å². The molecule has 4 nitrogen and oxygen atoms in total. The number of benzene rings is 2. The summed E-state index contributed by atoms with van der Waals surface area (Å²) in [6.07, 6.45) is 2.22. The van der Waals surface area contributed by atoms with Crippen molar-refractivity contribution in [1.29, 1.82) is 0 Å². The molecule has 0 aliphatic carbocycles. The van der Waals surface area contributed by atoms with E-state index >= 15 is 0 Å². The summed E-state index contributed by atoms with van der Waals surface area (Å²) in [6, 6.07) is 18.5. The van der Waals surface area contributed by atoms with Crippen LogP contribution in [-0.2, 0) is 13.0 Å². The second-order valence-corrected chi connectivity index (χ2v) is 7.49. The van der Waals surface area contributed by atoms with Crippen molar-refractivity contribution in [3.63, 3.8) is 0 Å². The Kier molecular flexibility index (Phi) is 4.76. The van der Waals surface area contributed by atoms with Crippen molar-refractivity contribution in [1.82, 2.24) is 10.2 Å². The summed E-state index contributed by atoms with van der Waals surface area (Å²) in [4.78, 5) is 2.35. The van der Waals surface area contributed by atoms with E-state index in [1.807, 2.05) is 30.3 Å². The highest BCUT2D eigenvalue weighted by Crippen LogP contribution is 2.32. The van der Waals surface area contributed by atoms with Gasteiger partial charge in [-0.05, 0) is 29.9 Å². The van der Waals surface area contributed by atoms with Crippen LogP contribution in [0.2, 0.25) is 0 Å². The number of aliphatic hydroxyl groups is 1. The predicted octanol–water partition coefficient (Wildman–Crippen LogP) is 3.77. The Balaban J connectivity index is 1.41. The maximum Gasteiger partial charge on any atom is 0.208 e. The Bertz CT molecular complexity index is 834. The van der Waals surface area contributed by atoms with Crippen LogP contribution >= 0.6 is 11.3 Å². The highest BCUT2D eigenvalue weighted by Gasteiger charge is 2.25. The van der Waals surface area contributed by atoms with Gasteiger partial charge in [-0.2, -0.15) is 0 Å². The number of hydrogen-bond acceptors (Lipinski definition) is 5. The van der Waals surface area contributed by atoms with Gasteiger partial charge in [0.25, 0.3) is 0 Å². The van der Waals surface area contributed by atoms with Crippen molar-refractivity contribution >= 4 is 16.5 Å². The zero-order valence-corrected chi connectivity index (χ0v) is 14.8. The molecule has 0 spiro atoms. The molecule has 1 saturated heterocycles. The van der Waals surface area contributed by atoms with Gasteiger partial charge in [0.05, 0.1) is 6.61 Å². The van der Waals surface area contributed by atoms with Crippen LogP contribution in [0.1, 0.15) is 17.5 Å². The fraction of sp³-hybridized carbons (Fsp3) is 0.300. The fourth-order valence-corrected chi connectivity index (χ4v) is 4.29. The first-order chi connectivity index (χ1) is 12.3. The molecule has 0 amide bonds. The van der Waals surface area contributed by atoms with E-state index in [-0.39, 0.29) is 6.61 Å². The molecule has 0 radical (unpaired) electrons. The van der Waals surface area contributed by atoms with Gasteiger partial charge in [0.2, 0.25) is 5.13 Å². The van der Waals surface area contributed by atoms with E-state index in [0.29, 0.717) is 5.92 Å². The maximum atomic E-state index is 9.29. The first kappa shape index (κ1) is 16.2. The molecule has 1 aliphatic rings. The van der Waals surface area contributed by atoms with Crippen molar-refractivity contribution in [2.24, 2.45) is 5.92 Å². The molecule has 0 unspecified atom stereocenters. The summed E-state index contributed by atoms with van der Waals surface area (Å²) >= 11 is 1.67. The number of rotatable bonds is 5. The standard InChI is InChI=1S/C20H21N3OS/c24-14-17-6-4-5-15(12-17)11-16-9-10-23(13-16)20-22-21-19(25-20)18-7-2-1-3-8-18/h1-8,12,16,24H,9-11,13-14H2/t16-/m1/s1. The third-order valence-corrected chi connectivity index (χ3v) is 5.72. The topological polar surface area (TPSA) is 49.2 Å². The lowest BCUT2D eigenvalue weighted by Gasteiger charge is -2.14. The van der Waals surface area contributed by atoms with E-state index in [2.05, 4.69) is 39.4 Å². The third kappa shape index (κ3) is 3.72. The number of hydrogen-bond donors (Lipinski definition) is 1. The first-order valence-electron chi connectivity index (χ1n) is 8.64. The molecular weight excluding hydrogens is 330 g/mol. The Morgan fingerprint density at radius 3 is 2.72 bits per heavy atom. The quantitative estimate of drug-likeness (QED) is 0.760. The molecule has 1 aliphatic heterocycles. The van der Waals surface area contributed by atoms with Crippen molar-refractivity contribution in [3.8, 4) is 10.6 Å². The van der Waals surface area contributed by atoms with Crippen LogP contribution in [-0.4, -0.2) is 28.4 Å². The van der Waals surface area contributed by atoms with E-state index in [1.165, 1.54) is 12.0 Å². The van der Waals surface area contributed by atoms with Crippen molar-refractivity contribution < 1.29 is 5.11 Å². The molecule has 0 saturated carbocycles. The lowest BCUT2D eigenvalue weighted by atomic mass is 9.97. The lowest BCUT2D eigenvalue weighted by Crippen LogP contribution is -2.20. The Morgan fingerprint density at radius 2 is 1.88 bits per heavy atom. The fourth-order valence-electron chi connectivity index (χ4n) is 3.40. The molecule has 2 aromatic carbocycles. The van der Waals surface area contributed by atoms with E-state index in [4.69, 9.17) is 0 Å². The van der Waals surface area contributed by atoms with Gasteiger partial charge in [0, 0.05) is 18.7 Å². The summed E-state index contributed by atoms with van der Waals surface area (Å²) in [5, 5.41) is 20.1. The highest BCUT2D eigenvalue weighted by molar-refractivity contribution is 7.18. The van der Waals surface area contributed by atoms with Crippen LogP contribution in [0.5, 0.6) is 0 Å². The van der Waals surface area contributed by atoms with Crippen LogP contribution < -0.4 is 4.90 Å². The zero-order valence-electron chi connectivity index (χ0n) is 14.0. The van der Waals surface area contributed by atoms with Crippen molar-refractivity contribution in [3.05, 3.63) is 65.7 Å². The third-order valence-electron chi connectivity index (χ3n) is 4.69. The van der Waals surface area contributed by atoms with E-state index in [9.17, 15) is 5.11 Å². The number of anilines is 1. The monoisotopic (exact) mass is 351 g/mol. The Labute approximate surface area is 151 Å². The maximum absolute atomic E-state index is 9.29. The zero-order chi connectivity index (χ0) is 17.1. The molecule has 1 aromatic heterocycles. The summed E-state index contributed by atoms with van der Waals surface area (Å²) in [5.74, 6) is 0.623. The molecule has 5 heteroatoms. The molecule has 128 valence electrons. The molecule has 25 heavy (non-hydrogen) atoms. The molecule has 3 aromatic rings. The summed E-state index contributed by atoms with van der Waals surface area (Å²) in [6.45, 7) is 2.16. The average Bonchev–Trinajstić information content (AvgIpc) is 3.32. The minimum atomic E-state index is 0.109. The van der Waals surface area contributed by atoms with Crippen molar-refractivity contribution in [2.45, 2.75) is 19.4 Å². The highest BCUT2D eigenvalue weighted by atomic mass is 32.1. The van der Waals surface area contributed by atoms with Crippen LogP contribution in [0.25, 0.3) is 10.6 Å². The molecule has 0 bridgehead atoms. The minimum Gasteiger partial charge on any atom is -0.392 e. The number of aromatic nitrogens is 2. The van der Waals surface area contributed by atoms with Gasteiger partial charge < -0.3 is 10.0 Å². The van der Waals surface area contributed by atoms with Gasteiger partial charge in [0.15, 0.2) is 0 Å². The average molecular weight is 351 g/mol. The van der Waals surface area contributed by atoms with E-state index < -0.39 is 0 Å². The van der Waals surface area contributed by atoms with Gasteiger partial charge >= 0.3 is 0 Å². The number of nitrogens with zero attached hydrogens (tertiary/aromatic N) is 3. The van der Waals surface area contributed by atoms with Crippen LogP contribution in [0, 0.1) is 5.92 Å².